The second kappa shape index (κ2) is 15.8. The molecule has 0 saturated carbocycles. The van der Waals surface area contributed by atoms with Gasteiger partial charge in [0.1, 0.15) is 19.3 Å². The molecule has 3 aromatic rings. The minimum atomic E-state index is -3.67. The highest BCUT2D eigenvalue weighted by molar-refractivity contribution is 7.92. The Hall–Kier alpha value is -3.76. The van der Waals surface area contributed by atoms with Crippen LogP contribution in [-0.2, 0) is 32.6 Å². The molecule has 3 aromatic carbocycles. The van der Waals surface area contributed by atoms with Crippen molar-refractivity contribution in [2.75, 3.05) is 36.9 Å². The number of anilines is 1. The van der Waals surface area contributed by atoms with Crippen LogP contribution in [0.4, 0.5) is 5.69 Å². The van der Waals surface area contributed by atoms with Crippen molar-refractivity contribution in [1.82, 2.24) is 10.2 Å². The molecule has 1 aliphatic rings. The molecule has 1 N–H and O–H groups in total. The van der Waals surface area contributed by atoms with Gasteiger partial charge in [-0.1, -0.05) is 73.5 Å². The highest BCUT2D eigenvalue weighted by Crippen LogP contribution is 2.35. The van der Waals surface area contributed by atoms with Crippen molar-refractivity contribution in [3.05, 3.63) is 88.9 Å². The van der Waals surface area contributed by atoms with Crippen molar-refractivity contribution in [3.63, 3.8) is 0 Å². The van der Waals surface area contributed by atoms with Crippen molar-refractivity contribution in [2.45, 2.75) is 51.6 Å². The Morgan fingerprint density at radius 2 is 1.66 bits per heavy atom. The molecular formula is C33H40ClN3O6S. The average molecular weight is 642 g/mol. The van der Waals surface area contributed by atoms with Crippen LogP contribution in [0, 0.1) is 0 Å². The number of ether oxygens (including phenoxy) is 2. The molecule has 236 valence electrons. The molecule has 0 bridgehead atoms. The van der Waals surface area contributed by atoms with E-state index in [4.69, 9.17) is 21.1 Å². The molecule has 2 amide bonds. The molecule has 11 heteroatoms. The largest absolute Gasteiger partial charge is 0.486 e. The molecule has 0 aromatic heterocycles. The fourth-order valence-electron chi connectivity index (χ4n) is 5.06. The van der Waals surface area contributed by atoms with E-state index in [0.29, 0.717) is 48.4 Å². The van der Waals surface area contributed by atoms with Crippen molar-refractivity contribution in [1.29, 1.82) is 0 Å². The molecule has 4 rings (SSSR count). The third kappa shape index (κ3) is 9.12. The van der Waals surface area contributed by atoms with E-state index in [-0.39, 0.29) is 37.7 Å². The lowest BCUT2D eigenvalue weighted by Gasteiger charge is -2.32. The highest BCUT2D eigenvalue weighted by Gasteiger charge is 2.31. The molecular weight excluding hydrogens is 602 g/mol. The number of benzene rings is 3. The number of unbranched alkanes of at least 4 members (excludes halogenated alkanes) is 1. The fraction of sp³-hybridized carbons (Fsp3) is 0.394. The van der Waals surface area contributed by atoms with Crippen LogP contribution in [0.3, 0.4) is 0 Å². The van der Waals surface area contributed by atoms with Crippen molar-refractivity contribution in [2.24, 2.45) is 0 Å². The van der Waals surface area contributed by atoms with Crippen LogP contribution in [0.25, 0.3) is 0 Å². The lowest BCUT2D eigenvalue weighted by atomic mass is 10.0. The average Bonchev–Trinajstić information content (AvgIpc) is 3.01. The lowest BCUT2D eigenvalue weighted by molar-refractivity contribution is -0.141. The number of rotatable bonds is 15. The van der Waals surface area contributed by atoms with Gasteiger partial charge in [-0.05, 0) is 42.2 Å². The summed E-state index contributed by atoms with van der Waals surface area (Å²) >= 11 is 6.50. The third-order valence-electron chi connectivity index (χ3n) is 7.37. The number of amides is 2. The summed E-state index contributed by atoms with van der Waals surface area (Å²) in [7, 11) is -3.67. The topological polar surface area (TPSA) is 105 Å². The van der Waals surface area contributed by atoms with Crippen molar-refractivity contribution < 1.29 is 27.5 Å². The second-order valence-electron chi connectivity index (χ2n) is 10.7. The van der Waals surface area contributed by atoms with Gasteiger partial charge in [0, 0.05) is 43.6 Å². The minimum Gasteiger partial charge on any atom is -0.486 e. The van der Waals surface area contributed by atoms with Crippen LogP contribution >= 0.6 is 11.6 Å². The van der Waals surface area contributed by atoms with E-state index >= 15 is 0 Å². The van der Waals surface area contributed by atoms with E-state index in [1.807, 2.05) is 55.5 Å². The Balaban J connectivity index is 1.57. The first-order valence-electron chi connectivity index (χ1n) is 14.9. The number of nitrogens with one attached hydrogen (secondary N) is 1. The summed E-state index contributed by atoms with van der Waals surface area (Å²) in [5.41, 5.74) is 2.06. The molecule has 0 aliphatic carbocycles. The smallest absolute Gasteiger partial charge is 0.243 e. The maximum absolute atomic E-state index is 14.0. The first-order valence-corrected chi connectivity index (χ1v) is 17.1. The predicted octanol–water partition coefficient (Wildman–Crippen LogP) is 5.21. The summed E-state index contributed by atoms with van der Waals surface area (Å²) in [5.74, 6) is 0.520. The first-order chi connectivity index (χ1) is 21.2. The van der Waals surface area contributed by atoms with Gasteiger partial charge in [0.15, 0.2) is 11.5 Å². The van der Waals surface area contributed by atoms with Gasteiger partial charge in [0.05, 0.1) is 11.9 Å². The SMILES string of the molecule is CCCCNC(=O)C(Cc1ccccc1)N(Cc1ccccc1Cl)C(=O)CCCN(c1ccc2c(c1)OCCO2)S(C)(=O)=O. The zero-order chi connectivity index (χ0) is 31.5. The van der Waals surface area contributed by atoms with Crippen LogP contribution in [0.2, 0.25) is 5.02 Å². The van der Waals surface area contributed by atoms with Crippen LogP contribution in [0.15, 0.2) is 72.8 Å². The number of carbonyl (C=O) groups excluding carboxylic acids is 2. The molecule has 9 nitrogen and oxygen atoms in total. The third-order valence-corrected chi connectivity index (χ3v) is 8.93. The Bertz CT molecular complexity index is 1520. The van der Waals surface area contributed by atoms with Crippen LogP contribution in [-0.4, -0.2) is 63.7 Å². The lowest BCUT2D eigenvalue weighted by Crippen LogP contribution is -2.50. The summed E-state index contributed by atoms with van der Waals surface area (Å²) in [4.78, 5) is 29.2. The molecule has 1 heterocycles. The number of halogens is 1. The first kappa shape index (κ1) is 33.1. The number of carbonyl (C=O) groups is 2. The molecule has 0 spiro atoms. The van der Waals surface area contributed by atoms with Gasteiger partial charge < -0.3 is 19.7 Å². The van der Waals surface area contributed by atoms with E-state index < -0.39 is 16.1 Å². The van der Waals surface area contributed by atoms with Gasteiger partial charge in [0.25, 0.3) is 0 Å². The van der Waals surface area contributed by atoms with Crippen molar-refractivity contribution >= 4 is 39.1 Å². The van der Waals surface area contributed by atoms with Crippen LogP contribution in [0.1, 0.15) is 43.7 Å². The zero-order valence-electron chi connectivity index (χ0n) is 25.2. The van der Waals surface area contributed by atoms with E-state index in [0.717, 1.165) is 30.2 Å². The minimum absolute atomic E-state index is 0.0224. The van der Waals surface area contributed by atoms with Gasteiger partial charge in [-0.25, -0.2) is 8.42 Å². The molecule has 0 saturated heterocycles. The number of sulfonamides is 1. The maximum atomic E-state index is 14.0. The van der Waals surface area contributed by atoms with Gasteiger partial charge in [0.2, 0.25) is 21.8 Å². The molecule has 0 radical (unpaired) electrons. The highest BCUT2D eigenvalue weighted by atomic mass is 35.5. The molecule has 1 atom stereocenters. The van der Waals surface area contributed by atoms with E-state index in [1.54, 1.807) is 29.2 Å². The Labute approximate surface area is 265 Å². The normalized spacial score (nSPS) is 13.2. The standard InChI is InChI=1S/C33H40ClN3O6S/c1-3-4-18-35-33(39)29(22-25-11-6-5-7-12-25)36(24-26-13-8-9-14-28(26)34)32(38)15-10-19-37(44(2,40)41)27-16-17-30-31(23-27)43-21-20-42-30/h5-9,11-14,16-17,23,29H,3-4,10,15,18-22,24H2,1-2H3,(H,35,39). The van der Waals surface area contributed by atoms with Gasteiger partial charge in [-0.2, -0.15) is 0 Å². The molecule has 0 fully saturated rings. The van der Waals surface area contributed by atoms with Gasteiger partial charge >= 0.3 is 0 Å². The monoisotopic (exact) mass is 641 g/mol. The van der Waals surface area contributed by atoms with Gasteiger partial charge in [-0.3, -0.25) is 13.9 Å². The summed E-state index contributed by atoms with van der Waals surface area (Å²) in [6.07, 6.45) is 3.45. The van der Waals surface area contributed by atoms with Gasteiger partial charge in [-0.15, -0.1) is 0 Å². The number of hydrogen-bond acceptors (Lipinski definition) is 6. The summed E-state index contributed by atoms with van der Waals surface area (Å²) in [5, 5.41) is 3.50. The zero-order valence-corrected chi connectivity index (χ0v) is 26.8. The quantitative estimate of drug-likeness (QED) is 0.228. The molecule has 1 unspecified atom stereocenters. The Morgan fingerprint density at radius 1 is 0.955 bits per heavy atom. The van der Waals surface area contributed by atoms with E-state index in [1.165, 1.54) is 4.31 Å². The Kier molecular flexibility index (Phi) is 11.9. The summed E-state index contributed by atoms with van der Waals surface area (Å²) < 4.78 is 38.1. The number of fused-ring (bicyclic) bond motifs is 1. The second-order valence-corrected chi connectivity index (χ2v) is 13.0. The van der Waals surface area contributed by atoms with Crippen LogP contribution in [0.5, 0.6) is 11.5 Å². The summed E-state index contributed by atoms with van der Waals surface area (Å²) in [6, 6.07) is 21.0. The molecule has 44 heavy (non-hydrogen) atoms. The van der Waals surface area contributed by atoms with Crippen molar-refractivity contribution in [3.8, 4) is 11.5 Å². The Morgan fingerprint density at radius 3 is 2.36 bits per heavy atom. The maximum Gasteiger partial charge on any atom is 0.243 e. The van der Waals surface area contributed by atoms with E-state index in [9.17, 15) is 18.0 Å². The van der Waals surface area contributed by atoms with E-state index in [2.05, 4.69) is 5.32 Å². The number of nitrogens with zero attached hydrogens (tertiary/aromatic N) is 2. The molecule has 1 aliphatic heterocycles. The number of hydrogen-bond donors (Lipinski definition) is 1. The van der Waals surface area contributed by atoms with Crippen LogP contribution < -0.4 is 19.1 Å². The predicted molar refractivity (Wildman–Crippen MR) is 173 cm³/mol. The summed E-state index contributed by atoms with van der Waals surface area (Å²) in [6.45, 7) is 3.56. The fourth-order valence-corrected chi connectivity index (χ4v) is 6.21.